The van der Waals surface area contributed by atoms with E-state index in [1.54, 1.807) is 0 Å². The molecule has 0 aromatic rings. The van der Waals surface area contributed by atoms with Crippen LogP contribution >= 0.6 is 24.0 Å². The Balaban J connectivity index is 0.00000128. The summed E-state index contributed by atoms with van der Waals surface area (Å²) in [4.78, 5) is 9.16. The molecule has 1 heterocycles. The number of nitrogens with one attached hydrogen (secondary N) is 1. The maximum atomic E-state index is 4.41. The number of halogens is 1. The van der Waals surface area contributed by atoms with E-state index >= 15 is 0 Å². The highest BCUT2D eigenvalue weighted by Gasteiger charge is 2.27. The molecule has 1 aliphatic carbocycles. The van der Waals surface area contributed by atoms with Crippen molar-refractivity contribution in [2.75, 3.05) is 39.8 Å². The van der Waals surface area contributed by atoms with Gasteiger partial charge in [0.05, 0.1) is 6.54 Å². The molecular formula is C11H23IN4. The number of likely N-dealkylation sites (N-methyl/N-ethyl adjacent to an activating group) is 2. The molecule has 5 heteroatoms. The van der Waals surface area contributed by atoms with Crippen LogP contribution in [0.1, 0.15) is 19.8 Å². The second kappa shape index (κ2) is 6.64. The fraction of sp³-hybridized carbons (Fsp3) is 0.909. The summed E-state index contributed by atoms with van der Waals surface area (Å²) in [7, 11) is 2.09. The maximum absolute atomic E-state index is 4.41. The molecule has 0 amide bonds. The minimum Gasteiger partial charge on any atom is -0.355 e. The van der Waals surface area contributed by atoms with Crippen LogP contribution in [0.15, 0.2) is 4.99 Å². The molecule has 2 aliphatic rings. The molecule has 0 unspecified atom stereocenters. The minimum absolute atomic E-state index is 0. The van der Waals surface area contributed by atoms with E-state index in [4.69, 9.17) is 0 Å². The van der Waals surface area contributed by atoms with E-state index in [1.165, 1.54) is 19.4 Å². The zero-order valence-electron chi connectivity index (χ0n) is 10.3. The Morgan fingerprint density at radius 1 is 1.50 bits per heavy atom. The average Bonchev–Trinajstić information content (AvgIpc) is 2.99. The molecule has 0 spiro atoms. The molecule has 2 rings (SSSR count). The van der Waals surface area contributed by atoms with Crippen molar-refractivity contribution in [1.29, 1.82) is 0 Å². The molecule has 0 saturated heterocycles. The van der Waals surface area contributed by atoms with Crippen LogP contribution in [0.3, 0.4) is 0 Å². The molecule has 16 heavy (non-hydrogen) atoms. The Hall–Kier alpha value is -0.0400. The molecule has 1 saturated carbocycles. The van der Waals surface area contributed by atoms with Crippen molar-refractivity contribution in [2.45, 2.75) is 25.8 Å². The number of hydrogen-bond donors (Lipinski definition) is 1. The molecule has 94 valence electrons. The fourth-order valence-corrected chi connectivity index (χ4v) is 2.07. The first-order valence-corrected chi connectivity index (χ1v) is 6.04. The molecule has 0 bridgehead atoms. The van der Waals surface area contributed by atoms with Gasteiger partial charge >= 0.3 is 0 Å². The van der Waals surface area contributed by atoms with Gasteiger partial charge in [-0.2, -0.15) is 0 Å². The van der Waals surface area contributed by atoms with Crippen molar-refractivity contribution in [3.05, 3.63) is 0 Å². The highest BCUT2D eigenvalue weighted by molar-refractivity contribution is 14.0. The number of aliphatic imine (C=N–C) groups is 1. The van der Waals surface area contributed by atoms with Gasteiger partial charge in [0.15, 0.2) is 5.96 Å². The summed E-state index contributed by atoms with van der Waals surface area (Å²) in [6, 6.07) is 0.875. The second-order valence-electron chi connectivity index (χ2n) is 4.41. The number of rotatable bonds is 5. The van der Waals surface area contributed by atoms with E-state index < -0.39 is 0 Å². The normalized spacial score (nSPS) is 19.7. The van der Waals surface area contributed by atoms with Gasteiger partial charge in [-0.3, -0.25) is 9.89 Å². The van der Waals surface area contributed by atoms with E-state index in [-0.39, 0.29) is 24.0 Å². The van der Waals surface area contributed by atoms with Gasteiger partial charge in [-0.25, -0.2) is 0 Å². The maximum Gasteiger partial charge on any atom is 0.193 e. The van der Waals surface area contributed by atoms with Crippen molar-refractivity contribution in [3.63, 3.8) is 0 Å². The third-order valence-electron chi connectivity index (χ3n) is 3.21. The second-order valence-corrected chi connectivity index (χ2v) is 4.41. The minimum atomic E-state index is 0. The Morgan fingerprint density at radius 3 is 2.75 bits per heavy atom. The highest BCUT2D eigenvalue weighted by atomic mass is 127. The van der Waals surface area contributed by atoms with Gasteiger partial charge in [0, 0.05) is 32.7 Å². The number of guanidine groups is 1. The smallest absolute Gasteiger partial charge is 0.193 e. The van der Waals surface area contributed by atoms with E-state index in [9.17, 15) is 0 Å². The van der Waals surface area contributed by atoms with Gasteiger partial charge in [0.2, 0.25) is 0 Å². The van der Waals surface area contributed by atoms with Crippen LogP contribution in [0.5, 0.6) is 0 Å². The first-order chi connectivity index (χ1) is 7.31. The zero-order chi connectivity index (χ0) is 10.7. The molecule has 1 fully saturated rings. The number of hydrogen-bond acceptors (Lipinski definition) is 4. The Kier molecular flexibility index (Phi) is 5.82. The van der Waals surface area contributed by atoms with Crippen molar-refractivity contribution < 1.29 is 0 Å². The Bertz CT molecular complexity index is 240. The van der Waals surface area contributed by atoms with Crippen LogP contribution in [0.4, 0.5) is 0 Å². The largest absolute Gasteiger partial charge is 0.355 e. The van der Waals surface area contributed by atoms with Crippen LogP contribution < -0.4 is 5.32 Å². The first-order valence-electron chi connectivity index (χ1n) is 6.04. The van der Waals surface area contributed by atoms with E-state index in [0.29, 0.717) is 0 Å². The average molecular weight is 338 g/mol. The van der Waals surface area contributed by atoms with Crippen LogP contribution in [0.25, 0.3) is 0 Å². The van der Waals surface area contributed by atoms with Crippen LogP contribution in [-0.2, 0) is 0 Å². The van der Waals surface area contributed by atoms with Gasteiger partial charge in [0.1, 0.15) is 0 Å². The highest BCUT2D eigenvalue weighted by Crippen LogP contribution is 2.25. The standard InChI is InChI=1S/C11H22N4.HI/c1-3-15(10-4-5-10)9-7-13-11-12-6-8-14(11)2;/h10H,3-9H2,1-2H3,(H,12,13);1H. The van der Waals surface area contributed by atoms with Gasteiger partial charge in [0.25, 0.3) is 0 Å². The van der Waals surface area contributed by atoms with Crippen LogP contribution in [-0.4, -0.2) is 61.6 Å². The number of nitrogens with zero attached hydrogens (tertiary/aromatic N) is 3. The summed E-state index contributed by atoms with van der Waals surface area (Å²) in [6.07, 6.45) is 2.80. The van der Waals surface area contributed by atoms with Gasteiger partial charge < -0.3 is 10.2 Å². The predicted molar refractivity (Wildman–Crippen MR) is 78.6 cm³/mol. The van der Waals surface area contributed by atoms with Crippen molar-refractivity contribution in [3.8, 4) is 0 Å². The summed E-state index contributed by atoms with van der Waals surface area (Å²) in [5, 5.41) is 3.41. The molecule has 4 nitrogen and oxygen atoms in total. The van der Waals surface area contributed by atoms with Gasteiger partial charge in [-0.15, -0.1) is 24.0 Å². The fourth-order valence-electron chi connectivity index (χ4n) is 2.07. The van der Waals surface area contributed by atoms with E-state index in [0.717, 1.165) is 38.2 Å². The third kappa shape index (κ3) is 3.76. The van der Waals surface area contributed by atoms with Crippen molar-refractivity contribution in [2.24, 2.45) is 4.99 Å². The SMILES string of the molecule is CCN(CCNC1=NCCN1C)C1CC1.I. The molecule has 1 aliphatic heterocycles. The summed E-state index contributed by atoms with van der Waals surface area (Å²) in [5.41, 5.74) is 0. The molecule has 1 N–H and O–H groups in total. The van der Waals surface area contributed by atoms with E-state index in [2.05, 4.69) is 34.1 Å². The lowest BCUT2D eigenvalue weighted by Gasteiger charge is -2.21. The van der Waals surface area contributed by atoms with Crippen molar-refractivity contribution in [1.82, 2.24) is 15.1 Å². The molecule has 0 radical (unpaired) electrons. The quantitative estimate of drug-likeness (QED) is 0.759. The van der Waals surface area contributed by atoms with Gasteiger partial charge in [-0.05, 0) is 19.4 Å². The summed E-state index contributed by atoms with van der Waals surface area (Å²) in [5.74, 6) is 1.07. The van der Waals surface area contributed by atoms with Gasteiger partial charge in [-0.1, -0.05) is 6.92 Å². The van der Waals surface area contributed by atoms with E-state index in [1.807, 2.05) is 0 Å². The lowest BCUT2D eigenvalue weighted by molar-refractivity contribution is 0.281. The monoisotopic (exact) mass is 338 g/mol. The molecule has 0 atom stereocenters. The molecule has 0 aromatic carbocycles. The molecule has 0 aromatic heterocycles. The zero-order valence-corrected chi connectivity index (χ0v) is 12.6. The summed E-state index contributed by atoms with van der Waals surface area (Å²) >= 11 is 0. The Labute approximate surface area is 115 Å². The lowest BCUT2D eigenvalue weighted by Crippen LogP contribution is -2.40. The summed E-state index contributed by atoms with van der Waals surface area (Å²) in [6.45, 7) is 7.59. The molecular weight excluding hydrogens is 315 g/mol. The summed E-state index contributed by atoms with van der Waals surface area (Å²) < 4.78 is 0. The van der Waals surface area contributed by atoms with Crippen molar-refractivity contribution >= 4 is 29.9 Å². The Morgan fingerprint density at radius 2 is 2.25 bits per heavy atom. The van der Waals surface area contributed by atoms with Crippen LogP contribution in [0.2, 0.25) is 0 Å². The predicted octanol–water partition coefficient (Wildman–Crippen LogP) is 0.980. The lowest BCUT2D eigenvalue weighted by atomic mass is 10.4. The first kappa shape index (κ1) is 14.0. The van der Waals surface area contributed by atoms with Crippen LogP contribution in [0, 0.1) is 0 Å². The topological polar surface area (TPSA) is 30.9 Å². The third-order valence-corrected chi connectivity index (χ3v) is 3.21.